The lowest BCUT2D eigenvalue weighted by atomic mass is 10.2. The van der Waals surface area contributed by atoms with Crippen LogP contribution in [0.3, 0.4) is 0 Å². The van der Waals surface area contributed by atoms with Crippen LogP contribution in [0.5, 0.6) is 5.75 Å². The summed E-state index contributed by atoms with van der Waals surface area (Å²) < 4.78 is 13.5. The number of nitrogens with two attached hydrogens (primary N) is 1. The molecule has 0 aliphatic rings. The molecule has 1 amide bonds. The van der Waals surface area contributed by atoms with E-state index in [9.17, 15) is 14.3 Å². The molecule has 18 heavy (non-hydrogen) atoms. The predicted octanol–water partition coefficient (Wildman–Crippen LogP) is 2.37. The molecule has 2 rings (SSSR count). The first-order valence-electron chi connectivity index (χ1n) is 5.22. The van der Waals surface area contributed by atoms with Crippen molar-refractivity contribution in [2.75, 3.05) is 11.1 Å². The van der Waals surface area contributed by atoms with Crippen molar-refractivity contribution in [1.29, 1.82) is 0 Å². The molecule has 0 unspecified atom stereocenters. The van der Waals surface area contributed by atoms with E-state index in [1.165, 1.54) is 24.3 Å². The SMILES string of the molecule is Nc1ccc(NC(=O)c2ccccc2O)c(F)c1. The minimum absolute atomic E-state index is 0.0115. The highest BCUT2D eigenvalue weighted by Gasteiger charge is 2.12. The Balaban J connectivity index is 2.24. The van der Waals surface area contributed by atoms with Crippen LogP contribution in [0, 0.1) is 5.82 Å². The van der Waals surface area contributed by atoms with Crippen molar-refractivity contribution in [3.8, 4) is 5.75 Å². The molecule has 0 atom stereocenters. The Morgan fingerprint density at radius 3 is 2.61 bits per heavy atom. The average Bonchev–Trinajstić information content (AvgIpc) is 2.33. The number of aromatic hydroxyl groups is 1. The van der Waals surface area contributed by atoms with E-state index in [-0.39, 0.29) is 22.7 Å². The van der Waals surface area contributed by atoms with Gasteiger partial charge in [0.2, 0.25) is 0 Å². The summed E-state index contributed by atoms with van der Waals surface area (Å²) in [5.41, 5.74) is 5.76. The lowest BCUT2D eigenvalue weighted by molar-refractivity contribution is 0.102. The van der Waals surface area contributed by atoms with Crippen LogP contribution in [0.1, 0.15) is 10.4 Å². The number of rotatable bonds is 2. The molecule has 0 heterocycles. The van der Waals surface area contributed by atoms with E-state index < -0.39 is 11.7 Å². The van der Waals surface area contributed by atoms with Gasteiger partial charge in [0.15, 0.2) is 0 Å². The normalized spacial score (nSPS) is 10.1. The first kappa shape index (κ1) is 11.9. The molecular formula is C13H11FN2O2. The number of nitrogen functional groups attached to an aromatic ring is 1. The van der Waals surface area contributed by atoms with Gasteiger partial charge in [0.05, 0.1) is 11.3 Å². The minimum Gasteiger partial charge on any atom is -0.507 e. The van der Waals surface area contributed by atoms with Gasteiger partial charge >= 0.3 is 0 Å². The second-order valence-corrected chi connectivity index (χ2v) is 3.71. The van der Waals surface area contributed by atoms with E-state index in [2.05, 4.69) is 5.32 Å². The van der Waals surface area contributed by atoms with Crippen LogP contribution in [-0.4, -0.2) is 11.0 Å². The Morgan fingerprint density at radius 1 is 1.22 bits per heavy atom. The number of benzene rings is 2. The van der Waals surface area contributed by atoms with E-state index in [0.717, 1.165) is 6.07 Å². The molecule has 0 aliphatic heterocycles. The molecule has 2 aromatic rings. The number of hydrogen-bond acceptors (Lipinski definition) is 3. The summed E-state index contributed by atoms with van der Waals surface area (Å²) in [6, 6.07) is 9.98. The molecule has 92 valence electrons. The first-order valence-corrected chi connectivity index (χ1v) is 5.22. The number of phenols is 1. The third-order valence-electron chi connectivity index (χ3n) is 2.39. The summed E-state index contributed by atoms with van der Waals surface area (Å²) in [6.45, 7) is 0. The fraction of sp³-hybridized carbons (Fsp3) is 0. The molecule has 0 aliphatic carbocycles. The van der Waals surface area contributed by atoms with Gasteiger partial charge in [0.1, 0.15) is 11.6 Å². The highest BCUT2D eigenvalue weighted by Crippen LogP contribution is 2.20. The highest BCUT2D eigenvalue weighted by atomic mass is 19.1. The summed E-state index contributed by atoms with van der Waals surface area (Å²) in [7, 11) is 0. The van der Waals surface area contributed by atoms with Gasteiger partial charge in [0, 0.05) is 5.69 Å². The molecule has 0 radical (unpaired) electrons. The van der Waals surface area contributed by atoms with Gasteiger partial charge in [-0.1, -0.05) is 12.1 Å². The molecule has 4 N–H and O–H groups in total. The number of hydrogen-bond donors (Lipinski definition) is 3. The van der Waals surface area contributed by atoms with E-state index in [4.69, 9.17) is 5.73 Å². The van der Waals surface area contributed by atoms with Gasteiger partial charge < -0.3 is 16.2 Å². The van der Waals surface area contributed by atoms with Crippen LogP contribution < -0.4 is 11.1 Å². The van der Waals surface area contributed by atoms with Crippen LogP contribution in [0.2, 0.25) is 0 Å². The average molecular weight is 246 g/mol. The third-order valence-corrected chi connectivity index (χ3v) is 2.39. The van der Waals surface area contributed by atoms with Crippen LogP contribution in [0.25, 0.3) is 0 Å². The molecule has 5 heteroatoms. The second kappa shape index (κ2) is 4.75. The number of carbonyl (C=O) groups is 1. The fourth-order valence-electron chi connectivity index (χ4n) is 1.49. The zero-order chi connectivity index (χ0) is 13.1. The van der Waals surface area contributed by atoms with E-state index >= 15 is 0 Å². The molecule has 0 fully saturated rings. The number of amides is 1. The summed E-state index contributed by atoms with van der Waals surface area (Å²) in [6.07, 6.45) is 0. The zero-order valence-electron chi connectivity index (χ0n) is 9.35. The maximum absolute atomic E-state index is 13.5. The van der Waals surface area contributed by atoms with Crippen molar-refractivity contribution in [1.82, 2.24) is 0 Å². The van der Waals surface area contributed by atoms with Crippen molar-refractivity contribution < 1.29 is 14.3 Å². The van der Waals surface area contributed by atoms with Crippen molar-refractivity contribution >= 4 is 17.3 Å². The first-order chi connectivity index (χ1) is 8.58. The monoisotopic (exact) mass is 246 g/mol. The predicted molar refractivity (Wildman–Crippen MR) is 66.9 cm³/mol. The summed E-state index contributed by atoms with van der Waals surface area (Å²) in [5.74, 6) is -1.37. The molecule has 0 spiro atoms. The number of carbonyl (C=O) groups excluding carboxylic acids is 1. The number of nitrogens with one attached hydrogen (secondary N) is 1. The maximum atomic E-state index is 13.5. The van der Waals surface area contributed by atoms with Crippen LogP contribution in [-0.2, 0) is 0 Å². The van der Waals surface area contributed by atoms with E-state index in [1.807, 2.05) is 0 Å². The van der Waals surface area contributed by atoms with Gasteiger partial charge in [-0.25, -0.2) is 4.39 Å². The smallest absolute Gasteiger partial charge is 0.259 e. The highest BCUT2D eigenvalue weighted by molar-refractivity contribution is 6.06. The van der Waals surface area contributed by atoms with Crippen molar-refractivity contribution in [3.63, 3.8) is 0 Å². The third kappa shape index (κ3) is 2.40. The summed E-state index contributed by atoms with van der Waals surface area (Å²) >= 11 is 0. The molecule has 0 bridgehead atoms. The molecular weight excluding hydrogens is 235 g/mol. The van der Waals surface area contributed by atoms with Gasteiger partial charge in [-0.2, -0.15) is 0 Å². The molecule has 2 aromatic carbocycles. The molecule has 0 aromatic heterocycles. The Labute approximate surface area is 103 Å². The van der Waals surface area contributed by atoms with Crippen LogP contribution >= 0.6 is 0 Å². The van der Waals surface area contributed by atoms with Gasteiger partial charge in [0.25, 0.3) is 5.91 Å². The number of anilines is 2. The van der Waals surface area contributed by atoms with E-state index in [0.29, 0.717) is 0 Å². The minimum atomic E-state index is -0.626. The molecule has 4 nitrogen and oxygen atoms in total. The number of phenolic OH excluding ortho intramolecular Hbond substituents is 1. The topological polar surface area (TPSA) is 75.3 Å². The maximum Gasteiger partial charge on any atom is 0.259 e. The number of halogens is 1. The Bertz CT molecular complexity index is 599. The van der Waals surface area contributed by atoms with Gasteiger partial charge in [-0.3, -0.25) is 4.79 Å². The standard InChI is InChI=1S/C13H11FN2O2/c14-10-7-8(15)5-6-11(10)16-13(18)9-3-1-2-4-12(9)17/h1-7,17H,15H2,(H,16,18). The Hall–Kier alpha value is -2.56. The van der Waals surface area contributed by atoms with Gasteiger partial charge in [-0.05, 0) is 30.3 Å². The quantitative estimate of drug-likeness (QED) is 0.712. The molecule has 0 saturated carbocycles. The summed E-state index contributed by atoms with van der Waals surface area (Å²) in [5, 5.41) is 11.9. The van der Waals surface area contributed by atoms with E-state index in [1.54, 1.807) is 12.1 Å². The Kier molecular flexibility index (Phi) is 3.14. The van der Waals surface area contributed by atoms with Gasteiger partial charge in [-0.15, -0.1) is 0 Å². The fourth-order valence-corrected chi connectivity index (χ4v) is 1.49. The van der Waals surface area contributed by atoms with Crippen LogP contribution in [0.15, 0.2) is 42.5 Å². The van der Waals surface area contributed by atoms with Crippen molar-refractivity contribution in [3.05, 3.63) is 53.8 Å². The number of para-hydroxylation sites is 1. The summed E-state index contributed by atoms with van der Waals surface area (Å²) in [4.78, 5) is 11.8. The lowest BCUT2D eigenvalue weighted by Gasteiger charge is -2.08. The van der Waals surface area contributed by atoms with Crippen molar-refractivity contribution in [2.24, 2.45) is 0 Å². The van der Waals surface area contributed by atoms with Crippen LogP contribution in [0.4, 0.5) is 15.8 Å². The molecule has 0 saturated heterocycles. The largest absolute Gasteiger partial charge is 0.507 e. The zero-order valence-corrected chi connectivity index (χ0v) is 9.35. The van der Waals surface area contributed by atoms with Crippen molar-refractivity contribution in [2.45, 2.75) is 0 Å². The second-order valence-electron chi connectivity index (χ2n) is 3.71. The Morgan fingerprint density at radius 2 is 1.94 bits per heavy atom. The lowest BCUT2D eigenvalue weighted by Crippen LogP contribution is -2.13.